The summed E-state index contributed by atoms with van der Waals surface area (Å²) in [5.41, 5.74) is -1.18. The van der Waals surface area contributed by atoms with E-state index in [-0.39, 0.29) is 12.8 Å². The summed E-state index contributed by atoms with van der Waals surface area (Å²) in [6, 6.07) is 0. The molecule has 0 aromatic rings. The molecule has 1 unspecified atom stereocenters. The normalized spacial score (nSPS) is 15.3. The largest absolute Gasteiger partial charge is 0.469 e. The number of methoxy groups -OCH3 is 3. The van der Waals surface area contributed by atoms with Crippen LogP contribution in [0.3, 0.4) is 0 Å². The van der Waals surface area contributed by atoms with Gasteiger partial charge in [-0.05, 0) is 6.92 Å². The van der Waals surface area contributed by atoms with E-state index in [1.54, 1.807) is 0 Å². The third kappa shape index (κ3) is 5.16. The van der Waals surface area contributed by atoms with Crippen molar-refractivity contribution in [2.24, 2.45) is 0 Å². The van der Waals surface area contributed by atoms with Crippen molar-refractivity contribution < 1.29 is 24.1 Å². The number of ether oxygens (including phenoxy) is 3. The van der Waals surface area contributed by atoms with Gasteiger partial charge in [-0.25, -0.2) is 0 Å². The summed E-state index contributed by atoms with van der Waals surface area (Å²) >= 11 is 0. The van der Waals surface area contributed by atoms with Crippen molar-refractivity contribution in [1.82, 2.24) is 0 Å². The van der Waals surface area contributed by atoms with Crippen molar-refractivity contribution in [1.29, 1.82) is 0 Å². The summed E-state index contributed by atoms with van der Waals surface area (Å²) in [7, 11) is 4.23. The number of carbonyl (C=O) groups excluding carboxylic acids is 1. The summed E-state index contributed by atoms with van der Waals surface area (Å²) in [4.78, 5) is 10.9. The van der Waals surface area contributed by atoms with E-state index in [1.165, 1.54) is 28.3 Å². The number of hydrogen-bond acceptors (Lipinski definition) is 5. The van der Waals surface area contributed by atoms with Crippen LogP contribution in [0.15, 0.2) is 0 Å². The van der Waals surface area contributed by atoms with Crippen LogP contribution in [-0.4, -0.2) is 44.3 Å². The second-order valence-corrected chi connectivity index (χ2v) is 3.35. The molecule has 14 heavy (non-hydrogen) atoms. The first kappa shape index (κ1) is 13.4. The second-order valence-electron chi connectivity index (χ2n) is 3.35. The molecule has 0 heterocycles. The fourth-order valence-corrected chi connectivity index (χ4v) is 1.08. The van der Waals surface area contributed by atoms with Crippen LogP contribution in [0.25, 0.3) is 0 Å². The maximum absolute atomic E-state index is 10.9. The molecule has 84 valence electrons. The van der Waals surface area contributed by atoms with E-state index < -0.39 is 17.9 Å². The minimum Gasteiger partial charge on any atom is -0.469 e. The molecule has 0 saturated carbocycles. The van der Waals surface area contributed by atoms with Gasteiger partial charge in [-0.3, -0.25) is 4.79 Å². The third-order valence-electron chi connectivity index (χ3n) is 1.89. The Morgan fingerprint density at radius 3 is 2.21 bits per heavy atom. The lowest BCUT2D eigenvalue weighted by atomic mass is 9.98. The molecule has 1 atom stereocenters. The number of aliphatic hydroxyl groups is 1. The highest BCUT2D eigenvalue weighted by atomic mass is 16.7. The standard InChI is InChI=1S/C9H18O5/c1-9(11,5-7(10)12-2)6-8(13-3)14-4/h8,11H,5-6H2,1-4H3. The smallest absolute Gasteiger partial charge is 0.308 e. The zero-order valence-electron chi connectivity index (χ0n) is 9.07. The minimum atomic E-state index is -1.18. The quantitative estimate of drug-likeness (QED) is 0.500. The Kier molecular flexibility index (Phi) is 5.68. The molecule has 0 bridgehead atoms. The molecular formula is C9H18O5. The minimum absolute atomic E-state index is 0.0767. The lowest BCUT2D eigenvalue weighted by Crippen LogP contribution is -2.34. The molecule has 0 fully saturated rings. The molecule has 0 aliphatic heterocycles. The van der Waals surface area contributed by atoms with Crippen LogP contribution in [0.1, 0.15) is 19.8 Å². The van der Waals surface area contributed by atoms with Crippen molar-refractivity contribution in [2.45, 2.75) is 31.7 Å². The number of hydrogen-bond donors (Lipinski definition) is 1. The van der Waals surface area contributed by atoms with Crippen molar-refractivity contribution >= 4 is 5.97 Å². The van der Waals surface area contributed by atoms with Crippen molar-refractivity contribution in [3.63, 3.8) is 0 Å². The molecule has 0 aromatic carbocycles. The van der Waals surface area contributed by atoms with Crippen LogP contribution in [0.2, 0.25) is 0 Å². The van der Waals surface area contributed by atoms with Crippen LogP contribution in [0, 0.1) is 0 Å². The molecule has 0 aliphatic rings. The summed E-state index contributed by atoms with van der Waals surface area (Å²) < 4.78 is 14.3. The fraction of sp³-hybridized carbons (Fsp3) is 0.889. The molecule has 0 aromatic heterocycles. The van der Waals surface area contributed by atoms with Crippen LogP contribution < -0.4 is 0 Å². The van der Waals surface area contributed by atoms with E-state index in [4.69, 9.17) is 9.47 Å². The second kappa shape index (κ2) is 5.95. The average molecular weight is 206 g/mol. The molecule has 0 radical (unpaired) electrons. The van der Waals surface area contributed by atoms with Crippen LogP contribution in [0.5, 0.6) is 0 Å². The SMILES string of the molecule is COC(=O)CC(C)(O)CC(OC)OC. The van der Waals surface area contributed by atoms with Gasteiger partial charge in [-0.1, -0.05) is 0 Å². The lowest BCUT2D eigenvalue weighted by Gasteiger charge is -2.25. The molecule has 0 rings (SSSR count). The predicted octanol–water partition coefficient (Wildman–Crippen LogP) is 0.309. The molecule has 0 spiro atoms. The topological polar surface area (TPSA) is 65.0 Å². The van der Waals surface area contributed by atoms with E-state index in [9.17, 15) is 9.90 Å². The Balaban J connectivity index is 4.10. The van der Waals surface area contributed by atoms with Gasteiger partial charge in [0.15, 0.2) is 6.29 Å². The molecule has 5 nitrogen and oxygen atoms in total. The van der Waals surface area contributed by atoms with E-state index in [0.717, 1.165) is 0 Å². The number of carbonyl (C=O) groups is 1. The Morgan fingerprint density at radius 2 is 1.86 bits per heavy atom. The molecular weight excluding hydrogens is 188 g/mol. The van der Waals surface area contributed by atoms with Gasteiger partial charge in [0, 0.05) is 20.6 Å². The molecule has 0 aliphatic carbocycles. The highest BCUT2D eigenvalue weighted by Gasteiger charge is 2.28. The summed E-state index contributed by atoms with van der Waals surface area (Å²) in [6.45, 7) is 1.54. The number of esters is 1. The summed E-state index contributed by atoms with van der Waals surface area (Å²) in [5.74, 6) is -0.457. The molecule has 0 amide bonds. The van der Waals surface area contributed by atoms with E-state index in [1.807, 2.05) is 0 Å². The van der Waals surface area contributed by atoms with E-state index in [2.05, 4.69) is 4.74 Å². The van der Waals surface area contributed by atoms with Gasteiger partial charge < -0.3 is 19.3 Å². The highest BCUT2D eigenvalue weighted by molar-refractivity contribution is 5.70. The van der Waals surface area contributed by atoms with Crippen molar-refractivity contribution in [3.05, 3.63) is 0 Å². The summed E-state index contributed by atoms with van der Waals surface area (Å²) in [6.07, 6.45) is -0.378. The maximum atomic E-state index is 10.9. The van der Waals surface area contributed by atoms with Gasteiger partial charge in [0.05, 0.1) is 19.1 Å². The molecule has 1 N–H and O–H groups in total. The van der Waals surface area contributed by atoms with Gasteiger partial charge in [-0.15, -0.1) is 0 Å². The Morgan fingerprint density at radius 1 is 1.36 bits per heavy atom. The van der Waals surface area contributed by atoms with Gasteiger partial charge in [-0.2, -0.15) is 0 Å². The average Bonchev–Trinajstić information content (AvgIpc) is 2.13. The third-order valence-corrected chi connectivity index (χ3v) is 1.89. The van der Waals surface area contributed by atoms with Gasteiger partial charge in [0.25, 0.3) is 0 Å². The zero-order chi connectivity index (χ0) is 11.2. The van der Waals surface area contributed by atoms with Crippen LogP contribution in [0.4, 0.5) is 0 Å². The zero-order valence-corrected chi connectivity index (χ0v) is 9.07. The fourth-order valence-electron chi connectivity index (χ4n) is 1.08. The Hall–Kier alpha value is -0.650. The Bertz CT molecular complexity index is 174. The first-order valence-corrected chi connectivity index (χ1v) is 4.30. The first-order chi connectivity index (χ1) is 6.45. The number of rotatable bonds is 6. The predicted molar refractivity (Wildman–Crippen MR) is 49.7 cm³/mol. The first-order valence-electron chi connectivity index (χ1n) is 4.30. The van der Waals surface area contributed by atoms with Gasteiger partial charge in [0.1, 0.15) is 0 Å². The van der Waals surface area contributed by atoms with E-state index in [0.29, 0.717) is 0 Å². The van der Waals surface area contributed by atoms with E-state index >= 15 is 0 Å². The monoisotopic (exact) mass is 206 g/mol. The summed E-state index contributed by atoms with van der Waals surface area (Å²) in [5, 5.41) is 9.79. The molecule has 0 saturated heterocycles. The highest BCUT2D eigenvalue weighted by Crippen LogP contribution is 2.19. The lowest BCUT2D eigenvalue weighted by molar-refractivity contribution is -0.157. The van der Waals surface area contributed by atoms with Crippen LogP contribution >= 0.6 is 0 Å². The van der Waals surface area contributed by atoms with Crippen molar-refractivity contribution in [3.8, 4) is 0 Å². The Labute approximate surface area is 84.0 Å². The van der Waals surface area contributed by atoms with Crippen LogP contribution in [-0.2, 0) is 19.0 Å². The maximum Gasteiger partial charge on any atom is 0.308 e. The van der Waals surface area contributed by atoms with Gasteiger partial charge in [0.2, 0.25) is 0 Å². The van der Waals surface area contributed by atoms with Crippen molar-refractivity contribution in [2.75, 3.05) is 21.3 Å². The van der Waals surface area contributed by atoms with Gasteiger partial charge >= 0.3 is 5.97 Å². The molecule has 5 heteroatoms.